The lowest BCUT2D eigenvalue weighted by molar-refractivity contribution is -0.136. The maximum absolute atomic E-state index is 14.7. The Bertz CT molecular complexity index is 2090. The van der Waals surface area contributed by atoms with Crippen LogP contribution in [0, 0.1) is 35.0 Å². The topological polar surface area (TPSA) is 98.0 Å². The molecule has 50 heavy (non-hydrogen) atoms. The van der Waals surface area contributed by atoms with Gasteiger partial charge in [0, 0.05) is 26.0 Å². The minimum absolute atomic E-state index is 0.166. The summed E-state index contributed by atoms with van der Waals surface area (Å²) >= 11 is 25.3. The molecular weight excluding hydrogens is 753 g/mol. The monoisotopic (exact) mass is 770 g/mol. The van der Waals surface area contributed by atoms with Crippen molar-refractivity contribution < 1.29 is 36.3 Å². The van der Waals surface area contributed by atoms with Crippen molar-refractivity contribution in [3.63, 3.8) is 0 Å². The van der Waals surface area contributed by atoms with Crippen LogP contribution in [-0.2, 0) is 14.4 Å². The molecule has 3 amide bonds. The number of fused-ring (bicyclic) bond motifs is 2. The van der Waals surface area contributed by atoms with Crippen LogP contribution in [0.25, 0.3) is 6.08 Å². The number of carbonyl (C=O) groups excluding carboxylic acids is 3. The number of nitrogens with zero attached hydrogens (tertiary/aromatic N) is 6. The average molecular weight is 772 g/mol. The van der Waals surface area contributed by atoms with Crippen molar-refractivity contribution in [2.45, 2.75) is 37.4 Å². The Labute approximate surface area is 299 Å². The second-order valence-electron chi connectivity index (χ2n) is 11.8. The molecule has 0 aromatic heterocycles. The predicted molar refractivity (Wildman–Crippen MR) is 173 cm³/mol. The molecule has 3 heterocycles. The molecule has 0 N–H and O–H groups in total. The zero-order valence-corrected chi connectivity index (χ0v) is 28.0. The van der Waals surface area contributed by atoms with E-state index in [1.165, 1.54) is 11.1 Å². The molecule has 0 bridgehead atoms. The number of hydrogen-bond donors (Lipinski definition) is 0. The van der Waals surface area contributed by atoms with Gasteiger partial charge in [0.2, 0.25) is 5.82 Å². The van der Waals surface area contributed by atoms with Gasteiger partial charge < -0.3 is 0 Å². The molecule has 258 valence electrons. The first-order valence-corrected chi connectivity index (χ1v) is 16.4. The molecule has 9 nitrogen and oxygen atoms in total. The van der Waals surface area contributed by atoms with Crippen LogP contribution < -0.4 is 4.90 Å². The van der Waals surface area contributed by atoms with Gasteiger partial charge in [-0.1, -0.05) is 63.8 Å². The van der Waals surface area contributed by atoms with Crippen LogP contribution in [0.15, 0.2) is 57.4 Å². The molecule has 3 aliphatic heterocycles. The number of hydrogen-bond acceptors (Lipinski definition) is 7. The van der Waals surface area contributed by atoms with Crippen LogP contribution in [0.4, 0.5) is 27.6 Å². The first-order chi connectivity index (χ1) is 23.8. The Kier molecular flexibility index (Phi) is 8.86. The predicted octanol–water partition coefficient (Wildman–Crippen LogP) is 8.11. The van der Waals surface area contributed by atoms with E-state index in [1.54, 1.807) is 30.3 Å². The SMILES string of the molecule is O=C1C2N=NN(CC(=O)N3N=C4C(=Cc5ccc(Cl)cc5Cl)CCCC4C3c3ccc(Cl)cc3Cl)C2C(=O)N1c1c(F)c(F)c(F)c(F)c1F. The van der Waals surface area contributed by atoms with Gasteiger partial charge in [-0.2, -0.15) is 10.2 Å². The van der Waals surface area contributed by atoms with Crippen molar-refractivity contribution >= 4 is 81.6 Å². The Morgan fingerprint density at radius 1 is 0.840 bits per heavy atom. The van der Waals surface area contributed by atoms with Gasteiger partial charge in [-0.15, -0.1) is 0 Å². The van der Waals surface area contributed by atoms with Crippen molar-refractivity contribution in [3.05, 3.63) is 102 Å². The standard InChI is InChI=1S/C32H19Cl4F5N6O3/c33-14-5-4-12(18(35)9-14)8-13-2-1-3-17-26(13)43-47(28(17)16-7-6-15(34)10-19(16)36)20(48)11-45-30-27(42-44-45)31(49)46(32(30)50)29-24(40)22(38)21(37)23(39)25(29)41/h4-10,17,27-28,30H,1-3,11H2. The maximum Gasteiger partial charge on any atom is 0.264 e. The van der Waals surface area contributed by atoms with Crippen LogP contribution in [-0.4, -0.2) is 52.1 Å². The Morgan fingerprint density at radius 2 is 1.48 bits per heavy atom. The van der Waals surface area contributed by atoms with Gasteiger partial charge in [0.15, 0.2) is 35.4 Å². The van der Waals surface area contributed by atoms with E-state index in [9.17, 15) is 36.3 Å². The first-order valence-electron chi connectivity index (χ1n) is 14.9. The number of carbonyl (C=O) groups is 3. The smallest absolute Gasteiger partial charge is 0.264 e. The van der Waals surface area contributed by atoms with E-state index in [0.717, 1.165) is 17.0 Å². The lowest BCUT2D eigenvalue weighted by atomic mass is 9.77. The Morgan fingerprint density at radius 3 is 2.14 bits per heavy atom. The second kappa shape index (κ2) is 12.9. The molecule has 1 aliphatic carbocycles. The molecular formula is C32H19Cl4F5N6O3. The first kappa shape index (κ1) is 34.3. The third-order valence-corrected chi connectivity index (χ3v) is 10.0. The molecule has 0 radical (unpaired) electrons. The van der Waals surface area contributed by atoms with E-state index in [1.807, 2.05) is 6.08 Å². The molecule has 18 heteroatoms. The lowest BCUT2D eigenvalue weighted by Gasteiger charge is -2.31. The Hall–Kier alpha value is -4.11. The summed E-state index contributed by atoms with van der Waals surface area (Å²) in [5.41, 5.74) is 0.819. The average Bonchev–Trinajstić information content (AvgIpc) is 3.74. The summed E-state index contributed by atoms with van der Waals surface area (Å²) < 4.78 is 71.0. The molecule has 7 rings (SSSR count). The van der Waals surface area contributed by atoms with Crippen molar-refractivity contribution in [1.82, 2.24) is 10.0 Å². The third kappa shape index (κ3) is 5.52. The molecule has 1 saturated heterocycles. The summed E-state index contributed by atoms with van der Waals surface area (Å²) in [6.45, 7) is -0.720. The molecule has 3 aromatic carbocycles. The fourth-order valence-electron chi connectivity index (χ4n) is 6.64. The van der Waals surface area contributed by atoms with Gasteiger partial charge in [0.05, 0.1) is 11.8 Å². The van der Waals surface area contributed by atoms with Crippen LogP contribution in [0.2, 0.25) is 20.1 Å². The highest BCUT2D eigenvalue weighted by atomic mass is 35.5. The van der Waals surface area contributed by atoms with Gasteiger partial charge in [-0.3, -0.25) is 19.4 Å². The molecule has 4 unspecified atom stereocenters. The number of amides is 3. The van der Waals surface area contributed by atoms with Crippen molar-refractivity contribution in [2.24, 2.45) is 21.4 Å². The number of hydrazone groups is 1. The minimum atomic E-state index is -2.47. The van der Waals surface area contributed by atoms with E-state index in [0.29, 0.717) is 44.7 Å². The van der Waals surface area contributed by atoms with E-state index in [4.69, 9.17) is 51.5 Å². The summed E-state index contributed by atoms with van der Waals surface area (Å²) in [5.74, 6) is -15.8. The fourth-order valence-corrected chi connectivity index (χ4v) is 7.62. The third-order valence-electron chi connectivity index (χ3n) is 8.90. The van der Waals surface area contributed by atoms with Crippen LogP contribution in [0.5, 0.6) is 0 Å². The number of imide groups is 1. The highest BCUT2D eigenvalue weighted by Crippen LogP contribution is 2.47. The van der Waals surface area contributed by atoms with E-state index in [-0.39, 0.29) is 15.8 Å². The second-order valence-corrected chi connectivity index (χ2v) is 13.5. The number of benzene rings is 3. The van der Waals surface area contributed by atoms with Crippen LogP contribution in [0.1, 0.15) is 36.4 Å². The maximum atomic E-state index is 14.7. The van der Waals surface area contributed by atoms with Gasteiger partial charge >= 0.3 is 0 Å². The highest BCUT2D eigenvalue weighted by molar-refractivity contribution is 6.36. The summed E-state index contributed by atoms with van der Waals surface area (Å²) in [6, 6.07) is 5.60. The molecule has 1 saturated carbocycles. The largest absolute Gasteiger partial charge is 0.271 e. The summed E-state index contributed by atoms with van der Waals surface area (Å²) in [7, 11) is 0. The molecule has 2 fully saturated rings. The number of halogens is 9. The quantitative estimate of drug-likeness (QED) is 0.113. The van der Waals surface area contributed by atoms with E-state index in [2.05, 4.69) is 10.3 Å². The Balaban J connectivity index is 1.23. The van der Waals surface area contributed by atoms with E-state index >= 15 is 0 Å². The summed E-state index contributed by atoms with van der Waals surface area (Å²) in [6.07, 6.45) is 3.79. The normalized spacial score (nSPS) is 23.7. The number of allylic oxidation sites excluding steroid dienone is 1. The van der Waals surface area contributed by atoms with Crippen LogP contribution in [0.3, 0.4) is 0 Å². The van der Waals surface area contributed by atoms with Gasteiger partial charge in [-0.05, 0) is 66.3 Å². The highest BCUT2D eigenvalue weighted by Gasteiger charge is 2.57. The van der Waals surface area contributed by atoms with Gasteiger partial charge in [0.25, 0.3) is 17.7 Å². The number of rotatable bonds is 5. The van der Waals surface area contributed by atoms with E-state index < -0.39 is 77.2 Å². The van der Waals surface area contributed by atoms with Gasteiger partial charge in [-0.25, -0.2) is 31.9 Å². The fraction of sp³-hybridized carbons (Fsp3) is 0.250. The lowest BCUT2D eigenvalue weighted by Crippen LogP contribution is -2.45. The van der Waals surface area contributed by atoms with Crippen LogP contribution >= 0.6 is 46.4 Å². The molecule has 4 atom stereocenters. The molecule has 4 aliphatic rings. The van der Waals surface area contributed by atoms with Gasteiger partial charge in [0.1, 0.15) is 12.2 Å². The summed E-state index contributed by atoms with van der Waals surface area (Å²) in [4.78, 5) is 40.4. The summed E-state index contributed by atoms with van der Waals surface area (Å²) in [5, 5.41) is 15.6. The van der Waals surface area contributed by atoms with Crippen molar-refractivity contribution in [2.75, 3.05) is 11.4 Å². The zero-order valence-electron chi connectivity index (χ0n) is 25.0. The molecule has 0 spiro atoms. The zero-order chi connectivity index (χ0) is 35.8. The van der Waals surface area contributed by atoms with Crippen molar-refractivity contribution in [3.8, 4) is 0 Å². The molecule has 3 aromatic rings. The van der Waals surface area contributed by atoms with Crippen molar-refractivity contribution in [1.29, 1.82) is 0 Å². The number of anilines is 1. The minimum Gasteiger partial charge on any atom is -0.271 e.